The Hall–Kier alpha value is -0.570. The molecule has 0 N–H and O–H groups in total. The van der Waals surface area contributed by atoms with Gasteiger partial charge < -0.3 is 9.64 Å². The van der Waals surface area contributed by atoms with E-state index in [2.05, 4.69) is 0 Å². The van der Waals surface area contributed by atoms with Crippen LogP contribution >= 0.6 is 0 Å². The molecule has 0 rings (SSSR count). The number of rotatable bonds is 5. The van der Waals surface area contributed by atoms with Crippen molar-refractivity contribution in [3.05, 3.63) is 0 Å². The van der Waals surface area contributed by atoms with E-state index in [0.717, 1.165) is 0 Å². The predicted molar refractivity (Wildman–Crippen MR) is 58.2 cm³/mol. The molecule has 0 saturated carbocycles. The second kappa shape index (κ2) is 6.02. The lowest BCUT2D eigenvalue weighted by atomic mass is 10.1. The second-order valence-corrected chi connectivity index (χ2v) is 4.29. The van der Waals surface area contributed by atoms with Crippen LogP contribution in [0.5, 0.6) is 0 Å². The largest absolute Gasteiger partial charge is 0.384 e. The summed E-state index contributed by atoms with van der Waals surface area (Å²) >= 11 is 0. The molecule has 3 nitrogen and oxygen atoms in total. The van der Waals surface area contributed by atoms with E-state index in [1.165, 1.54) is 0 Å². The van der Waals surface area contributed by atoms with Gasteiger partial charge in [-0.05, 0) is 27.7 Å². The van der Waals surface area contributed by atoms with Gasteiger partial charge in [-0.25, -0.2) is 0 Å². The van der Waals surface area contributed by atoms with Crippen molar-refractivity contribution in [2.45, 2.75) is 46.7 Å². The SMILES string of the molecule is COCC(C)C(=O)N(C(C)C)C(C)C. The monoisotopic (exact) mass is 201 g/mol. The third-order valence-electron chi connectivity index (χ3n) is 2.21. The van der Waals surface area contributed by atoms with E-state index in [4.69, 9.17) is 4.74 Å². The van der Waals surface area contributed by atoms with Crippen molar-refractivity contribution in [3.8, 4) is 0 Å². The van der Waals surface area contributed by atoms with Crippen LogP contribution in [-0.4, -0.2) is 36.6 Å². The molecule has 0 bridgehead atoms. The summed E-state index contributed by atoms with van der Waals surface area (Å²) in [5.74, 6) is 0.127. The van der Waals surface area contributed by atoms with E-state index in [9.17, 15) is 4.79 Å². The molecule has 0 spiro atoms. The molecule has 3 heteroatoms. The molecule has 0 aliphatic rings. The first-order valence-electron chi connectivity index (χ1n) is 5.22. The predicted octanol–water partition coefficient (Wildman–Crippen LogP) is 1.91. The number of nitrogens with zero attached hydrogens (tertiary/aromatic N) is 1. The number of ether oxygens (including phenoxy) is 1. The minimum atomic E-state index is -0.0511. The van der Waals surface area contributed by atoms with Crippen molar-refractivity contribution in [1.82, 2.24) is 4.90 Å². The zero-order valence-electron chi connectivity index (χ0n) is 10.2. The summed E-state index contributed by atoms with van der Waals surface area (Å²) in [6, 6.07) is 0.503. The lowest BCUT2D eigenvalue weighted by molar-refractivity contribution is -0.140. The summed E-state index contributed by atoms with van der Waals surface area (Å²) in [4.78, 5) is 13.9. The number of hydrogen-bond donors (Lipinski definition) is 0. The van der Waals surface area contributed by atoms with Crippen LogP contribution in [0.4, 0.5) is 0 Å². The Morgan fingerprint density at radius 2 is 1.57 bits per heavy atom. The van der Waals surface area contributed by atoms with E-state index in [-0.39, 0.29) is 23.9 Å². The number of methoxy groups -OCH3 is 1. The molecule has 0 aliphatic heterocycles. The van der Waals surface area contributed by atoms with Gasteiger partial charge in [-0.3, -0.25) is 4.79 Å². The molecule has 0 aliphatic carbocycles. The van der Waals surface area contributed by atoms with Gasteiger partial charge in [0.25, 0.3) is 0 Å². The summed E-state index contributed by atoms with van der Waals surface area (Å²) in [6.07, 6.45) is 0. The summed E-state index contributed by atoms with van der Waals surface area (Å²) < 4.78 is 4.99. The molecule has 14 heavy (non-hydrogen) atoms. The zero-order chi connectivity index (χ0) is 11.3. The maximum atomic E-state index is 12.0. The van der Waals surface area contributed by atoms with Crippen molar-refractivity contribution < 1.29 is 9.53 Å². The van der Waals surface area contributed by atoms with Gasteiger partial charge in [0.1, 0.15) is 0 Å². The lowest BCUT2D eigenvalue weighted by Gasteiger charge is -2.32. The van der Waals surface area contributed by atoms with E-state index < -0.39 is 0 Å². The molecule has 0 fully saturated rings. The average molecular weight is 201 g/mol. The van der Waals surface area contributed by atoms with Gasteiger partial charge in [-0.2, -0.15) is 0 Å². The van der Waals surface area contributed by atoms with Crippen molar-refractivity contribution >= 4 is 5.91 Å². The van der Waals surface area contributed by atoms with Crippen LogP contribution in [0, 0.1) is 5.92 Å². The first-order valence-corrected chi connectivity index (χ1v) is 5.22. The summed E-state index contributed by atoms with van der Waals surface area (Å²) in [6.45, 7) is 10.6. The van der Waals surface area contributed by atoms with Gasteiger partial charge in [0.05, 0.1) is 12.5 Å². The maximum Gasteiger partial charge on any atom is 0.228 e. The Kier molecular flexibility index (Phi) is 5.77. The van der Waals surface area contributed by atoms with Crippen molar-refractivity contribution in [2.75, 3.05) is 13.7 Å². The summed E-state index contributed by atoms with van der Waals surface area (Å²) in [7, 11) is 1.62. The van der Waals surface area contributed by atoms with Crippen LogP contribution in [0.3, 0.4) is 0 Å². The molecule has 84 valence electrons. The highest BCUT2D eigenvalue weighted by atomic mass is 16.5. The molecule has 1 amide bonds. The Balaban J connectivity index is 4.43. The molecule has 0 aromatic heterocycles. The van der Waals surface area contributed by atoms with Crippen LogP contribution in [0.25, 0.3) is 0 Å². The fraction of sp³-hybridized carbons (Fsp3) is 0.909. The maximum absolute atomic E-state index is 12.0. The van der Waals surface area contributed by atoms with E-state index >= 15 is 0 Å². The van der Waals surface area contributed by atoms with Crippen molar-refractivity contribution in [3.63, 3.8) is 0 Å². The van der Waals surface area contributed by atoms with Crippen LogP contribution in [-0.2, 0) is 9.53 Å². The first-order chi connectivity index (χ1) is 6.41. The summed E-state index contributed by atoms with van der Waals surface area (Å²) in [5.41, 5.74) is 0. The number of carbonyl (C=O) groups is 1. The minimum Gasteiger partial charge on any atom is -0.384 e. The third-order valence-corrected chi connectivity index (χ3v) is 2.21. The quantitative estimate of drug-likeness (QED) is 0.680. The van der Waals surface area contributed by atoms with Crippen LogP contribution < -0.4 is 0 Å². The minimum absolute atomic E-state index is 0.0511. The molecule has 1 unspecified atom stereocenters. The standard InChI is InChI=1S/C11H23NO2/c1-8(2)12(9(3)4)11(13)10(5)7-14-6/h8-10H,7H2,1-6H3. The lowest BCUT2D eigenvalue weighted by Crippen LogP contribution is -2.45. The van der Waals surface area contributed by atoms with Crippen molar-refractivity contribution in [2.24, 2.45) is 5.92 Å². The topological polar surface area (TPSA) is 29.5 Å². The van der Waals surface area contributed by atoms with E-state index in [1.54, 1.807) is 7.11 Å². The Bertz CT molecular complexity index is 170. The van der Waals surface area contributed by atoms with E-state index in [1.807, 2.05) is 39.5 Å². The molecule has 0 saturated heterocycles. The fourth-order valence-corrected chi connectivity index (χ4v) is 1.68. The van der Waals surface area contributed by atoms with Gasteiger partial charge in [-0.15, -0.1) is 0 Å². The number of hydrogen-bond acceptors (Lipinski definition) is 2. The molecule has 0 aromatic rings. The Morgan fingerprint density at radius 1 is 1.14 bits per heavy atom. The average Bonchev–Trinajstić information content (AvgIpc) is 2.03. The first kappa shape index (κ1) is 13.4. The van der Waals surface area contributed by atoms with Crippen LogP contribution in [0.2, 0.25) is 0 Å². The molecule has 0 heterocycles. The normalized spacial score (nSPS) is 13.4. The molecule has 1 atom stereocenters. The molecular formula is C11H23NO2. The van der Waals surface area contributed by atoms with Crippen LogP contribution in [0.15, 0.2) is 0 Å². The molecule has 0 radical (unpaired) electrons. The Morgan fingerprint density at radius 3 is 1.86 bits per heavy atom. The number of carbonyl (C=O) groups excluding carboxylic acids is 1. The van der Waals surface area contributed by atoms with E-state index in [0.29, 0.717) is 6.61 Å². The Labute approximate surface area is 87.4 Å². The molecule has 0 aromatic carbocycles. The van der Waals surface area contributed by atoms with Gasteiger partial charge >= 0.3 is 0 Å². The summed E-state index contributed by atoms with van der Waals surface area (Å²) in [5, 5.41) is 0. The van der Waals surface area contributed by atoms with Crippen molar-refractivity contribution in [1.29, 1.82) is 0 Å². The third kappa shape index (κ3) is 3.66. The van der Waals surface area contributed by atoms with Gasteiger partial charge in [0, 0.05) is 19.2 Å². The highest BCUT2D eigenvalue weighted by molar-refractivity contribution is 5.79. The zero-order valence-corrected chi connectivity index (χ0v) is 10.2. The van der Waals surface area contributed by atoms with Gasteiger partial charge in [0.15, 0.2) is 0 Å². The van der Waals surface area contributed by atoms with Crippen LogP contribution in [0.1, 0.15) is 34.6 Å². The molecular weight excluding hydrogens is 178 g/mol. The second-order valence-electron chi connectivity index (χ2n) is 4.29. The number of amides is 1. The smallest absolute Gasteiger partial charge is 0.228 e. The highest BCUT2D eigenvalue weighted by Gasteiger charge is 2.24. The van der Waals surface area contributed by atoms with Gasteiger partial charge in [0.2, 0.25) is 5.91 Å². The fourth-order valence-electron chi connectivity index (χ4n) is 1.68. The highest BCUT2D eigenvalue weighted by Crippen LogP contribution is 2.11. The van der Waals surface area contributed by atoms with Gasteiger partial charge in [-0.1, -0.05) is 6.92 Å².